The molecule has 0 spiro atoms. The molecule has 1 aromatic rings. The summed E-state index contributed by atoms with van der Waals surface area (Å²) in [6.07, 6.45) is 2.45. The maximum Gasteiger partial charge on any atom is 0.232 e. The van der Waals surface area contributed by atoms with Crippen LogP contribution < -0.4 is 5.32 Å². The van der Waals surface area contributed by atoms with Gasteiger partial charge in [-0.3, -0.25) is 4.79 Å². The van der Waals surface area contributed by atoms with Crippen LogP contribution in [0.1, 0.15) is 39.2 Å². The highest BCUT2D eigenvalue weighted by atomic mass is 16.2. The lowest BCUT2D eigenvalue weighted by Gasteiger charge is -2.35. The number of hydrogen-bond acceptors (Lipinski definition) is 2. The van der Waals surface area contributed by atoms with E-state index in [0.29, 0.717) is 5.92 Å². The largest absolute Gasteiger partial charge is 0.342 e. The summed E-state index contributed by atoms with van der Waals surface area (Å²) in [7, 11) is 0. The van der Waals surface area contributed by atoms with Crippen LogP contribution in [0, 0.1) is 5.92 Å². The summed E-state index contributed by atoms with van der Waals surface area (Å²) < 4.78 is 0. The number of nitrogens with one attached hydrogen (secondary N) is 1. The average molecular weight is 288 g/mol. The standard InChI is InChI=1S/C18H28N2O/c1-4-20(14-15-9-8-12-19-13-15)17(21)18(2,3)16-10-6-5-7-11-16/h5-7,10-11,15,19H,4,8-9,12-14H2,1-3H3. The van der Waals surface area contributed by atoms with Crippen LogP contribution in [0.5, 0.6) is 0 Å². The quantitative estimate of drug-likeness (QED) is 0.903. The van der Waals surface area contributed by atoms with Crippen molar-refractivity contribution in [3.63, 3.8) is 0 Å². The normalized spacial score (nSPS) is 19.3. The third-order valence-electron chi connectivity index (χ3n) is 4.58. The fourth-order valence-corrected chi connectivity index (χ4v) is 3.12. The van der Waals surface area contributed by atoms with Crippen molar-refractivity contribution in [3.05, 3.63) is 35.9 Å². The van der Waals surface area contributed by atoms with Gasteiger partial charge >= 0.3 is 0 Å². The van der Waals surface area contributed by atoms with Crippen LogP contribution in [0.25, 0.3) is 0 Å². The van der Waals surface area contributed by atoms with E-state index in [-0.39, 0.29) is 5.91 Å². The maximum absolute atomic E-state index is 13.0. The van der Waals surface area contributed by atoms with Gasteiger partial charge in [-0.25, -0.2) is 0 Å². The third kappa shape index (κ3) is 3.85. The monoisotopic (exact) mass is 288 g/mol. The van der Waals surface area contributed by atoms with Gasteiger partial charge in [-0.05, 0) is 58.2 Å². The molecule has 1 heterocycles. The highest BCUT2D eigenvalue weighted by Crippen LogP contribution is 2.26. The summed E-state index contributed by atoms with van der Waals surface area (Å²) in [6.45, 7) is 9.96. The molecule has 1 unspecified atom stereocenters. The molecule has 0 saturated carbocycles. The first-order valence-electron chi connectivity index (χ1n) is 8.11. The SMILES string of the molecule is CCN(CC1CCCNC1)C(=O)C(C)(C)c1ccccc1. The average Bonchev–Trinajstić information content (AvgIpc) is 2.53. The lowest BCUT2D eigenvalue weighted by Crippen LogP contribution is -2.47. The van der Waals surface area contributed by atoms with Crippen molar-refractivity contribution in [2.24, 2.45) is 5.92 Å². The van der Waals surface area contributed by atoms with Gasteiger partial charge in [0.25, 0.3) is 0 Å². The Hall–Kier alpha value is -1.35. The van der Waals surface area contributed by atoms with Crippen LogP contribution in [0.4, 0.5) is 0 Å². The van der Waals surface area contributed by atoms with Crippen LogP contribution in [0.3, 0.4) is 0 Å². The first-order chi connectivity index (χ1) is 10.1. The second kappa shape index (κ2) is 7.08. The lowest BCUT2D eigenvalue weighted by atomic mass is 9.83. The van der Waals surface area contributed by atoms with E-state index in [1.54, 1.807) is 0 Å². The number of benzene rings is 1. The Bertz CT molecular complexity index is 450. The fourth-order valence-electron chi connectivity index (χ4n) is 3.12. The Balaban J connectivity index is 2.08. The number of nitrogens with zero attached hydrogens (tertiary/aromatic N) is 1. The molecule has 21 heavy (non-hydrogen) atoms. The summed E-state index contributed by atoms with van der Waals surface area (Å²) in [6, 6.07) is 10.1. The minimum absolute atomic E-state index is 0.238. The first kappa shape index (κ1) is 16.0. The van der Waals surface area contributed by atoms with Crippen molar-refractivity contribution in [2.45, 2.75) is 39.0 Å². The van der Waals surface area contributed by atoms with Crippen molar-refractivity contribution in [1.82, 2.24) is 10.2 Å². The van der Waals surface area contributed by atoms with E-state index in [0.717, 1.165) is 31.7 Å². The van der Waals surface area contributed by atoms with Crippen LogP contribution in [0.15, 0.2) is 30.3 Å². The highest BCUT2D eigenvalue weighted by molar-refractivity contribution is 5.87. The van der Waals surface area contributed by atoms with Gasteiger partial charge in [0.15, 0.2) is 0 Å². The Kier molecular flexibility index (Phi) is 5.40. The molecule has 0 aliphatic carbocycles. The van der Waals surface area contributed by atoms with Gasteiger partial charge in [-0.2, -0.15) is 0 Å². The summed E-state index contributed by atoms with van der Waals surface area (Å²) in [5.41, 5.74) is 0.634. The van der Waals surface area contributed by atoms with E-state index < -0.39 is 5.41 Å². The van der Waals surface area contributed by atoms with Crippen molar-refractivity contribution in [3.8, 4) is 0 Å². The van der Waals surface area contributed by atoms with Gasteiger partial charge in [0.1, 0.15) is 0 Å². The Labute approximate surface area is 128 Å². The van der Waals surface area contributed by atoms with E-state index in [1.165, 1.54) is 12.8 Å². The first-order valence-corrected chi connectivity index (χ1v) is 8.11. The predicted octanol–water partition coefficient (Wildman–Crippen LogP) is 2.81. The molecule has 1 aromatic carbocycles. The molecule has 0 aromatic heterocycles. The minimum atomic E-state index is -0.459. The van der Waals surface area contributed by atoms with Gasteiger partial charge in [0.05, 0.1) is 5.41 Å². The number of carbonyl (C=O) groups is 1. The smallest absolute Gasteiger partial charge is 0.232 e. The number of hydrogen-bond donors (Lipinski definition) is 1. The zero-order valence-corrected chi connectivity index (χ0v) is 13.6. The van der Waals surface area contributed by atoms with Gasteiger partial charge in [-0.1, -0.05) is 30.3 Å². The summed E-state index contributed by atoms with van der Waals surface area (Å²) in [5, 5.41) is 3.44. The predicted molar refractivity (Wildman–Crippen MR) is 87.3 cm³/mol. The number of likely N-dealkylation sites (N-methyl/N-ethyl adjacent to an activating group) is 1. The van der Waals surface area contributed by atoms with Crippen LogP contribution in [-0.4, -0.2) is 37.0 Å². The molecule has 1 amide bonds. The summed E-state index contributed by atoms with van der Waals surface area (Å²) in [4.78, 5) is 15.0. The molecule has 1 fully saturated rings. The Morgan fingerprint density at radius 3 is 2.62 bits per heavy atom. The maximum atomic E-state index is 13.0. The lowest BCUT2D eigenvalue weighted by molar-refractivity contribution is -0.136. The number of carbonyl (C=O) groups excluding carboxylic acids is 1. The van der Waals surface area contributed by atoms with Gasteiger partial charge < -0.3 is 10.2 Å². The van der Waals surface area contributed by atoms with Crippen LogP contribution in [0.2, 0.25) is 0 Å². The molecule has 0 bridgehead atoms. The minimum Gasteiger partial charge on any atom is -0.342 e. The van der Waals surface area contributed by atoms with E-state index in [2.05, 4.69) is 12.2 Å². The summed E-state index contributed by atoms with van der Waals surface area (Å²) in [5.74, 6) is 0.830. The zero-order chi connectivity index (χ0) is 15.3. The molecular weight excluding hydrogens is 260 g/mol. The van der Waals surface area contributed by atoms with Crippen LogP contribution in [-0.2, 0) is 10.2 Å². The third-order valence-corrected chi connectivity index (χ3v) is 4.58. The topological polar surface area (TPSA) is 32.3 Å². The van der Waals surface area contributed by atoms with E-state index in [1.807, 2.05) is 49.1 Å². The molecule has 2 rings (SSSR count). The zero-order valence-electron chi connectivity index (χ0n) is 13.6. The van der Waals surface area contributed by atoms with Crippen molar-refractivity contribution in [1.29, 1.82) is 0 Å². The molecular formula is C18H28N2O. The highest BCUT2D eigenvalue weighted by Gasteiger charge is 2.34. The van der Waals surface area contributed by atoms with Gasteiger partial charge in [0, 0.05) is 13.1 Å². The van der Waals surface area contributed by atoms with Gasteiger partial charge in [0.2, 0.25) is 5.91 Å². The molecule has 1 aliphatic heterocycles. The molecule has 1 atom stereocenters. The van der Waals surface area contributed by atoms with Gasteiger partial charge in [-0.15, -0.1) is 0 Å². The molecule has 1 saturated heterocycles. The number of piperidine rings is 1. The second-order valence-electron chi connectivity index (χ2n) is 6.55. The second-order valence-corrected chi connectivity index (χ2v) is 6.55. The molecule has 1 N–H and O–H groups in total. The molecule has 116 valence electrons. The number of rotatable bonds is 5. The fraction of sp³-hybridized carbons (Fsp3) is 0.611. The van der Waals surface area contributed by atoms with Crippen molar-refractivity contribution in [2.75, 3.05) is 26.2 Å². The Morgan fingerprint density at radius 1 is 1.33 bits per heavy atom. The summed E-state index contributed by atoms with van der Waals surface area (Å²) >= 11 is 0. The molecule has 3 heteroatoms. The van der Waals surface area contributed by atoms with E-state index in [4.69, 9.17) is 0 Å². The van der Waals surface area contributed by atoms with E-state index >= 15 is 0 Å². The molecule has 3 nitrogen and oxygen atoms in total. The van der Waals surface area contributed by atoms with Crippen molar-refractivity contribution < 1.29 is 4.79 Å². The van der Waals surface area contributed by atoms with Crippen LogP contribution >= 0.6 is 0 Å². The number of amides is 1. The van der Waals surface area contributed by atoms with Crippen molar-refractivity contribution >= 4 is 5.91 Å². The molecule has 1 aliphatic rings. The van der Waals surface area contributed by atoms with E-state index in [9.17, 15) is 4.79 Å². The molecule has 0 radical (unpaired) electrons. The Morgan fingerprint density at radius 2 is 2.05 bits per heavy atom.